The monoisotopic (exact) mass is 330 g/mol. The Balaban J connectivity index is 1.97. The number of aromatic amines is 1. The molecule has 0 unspecified atom stereocenters. The maximum Gasteiger partial charge on any atom is 0.257 e. The van der Waals surface area contributed by atoms with Gasteiger partial charge in [0.05, 0.1) is 15.7 Å². The van der Waals surface area contributed by atoms with Gasteiger partial charge in [0.1, 0.15) is 0 Å². The number of amides is 1. The fourth-order valence-corrected chi connectivity index (χ4v) is 2.34. The number of fused-ring (bicyclic) bond motifs is 1. The van der Waals surface area contributed by atoms with Crippen molar-refractivity contribution in [3.8, 4) is 0 Å². The maximum absolute atomic E-state index is 12.3. The molecule has 0 aliphatic heterocycles. The SMILES string of the molecule is Nc1ccc2[nH]cc(C(=O)Nc3ccncc3Br)c2c1. The molecule has 0 spiro atoms. The quantitative estimate of drug-likeness (QED) is 0.631. The molecular formula is C14H11BrN4O. The van der Waals surface area contributed by atoms with E-state index < -0.39 is 0 Å². The molecule has 0 radical (unpaired) electrons. The largest absolute Gasteiger partial charge is 0.399 e. The number of nitrogen functional groups attached to an aromatic ring is 1. The molecule has 0 saturated heterocycles. The second-order valence-electron chi connectivity index (χ2n) is 4.32. The molecule has 6 heteroatoms. The average molecular weight is 331 g/mol. The first kappa shape index (κ1) is 12.7. The van der Waals surface area contributed by atoms with Crippen LogP contribution in [0.25, 0.3) is 10.9 Å². The number of halogens is 1. The molecule has 3 aromatic rings. The van der Waals surface area contributed by atoms with Crippen molar-refractivity contribution >= 4 is 44.1 Å². The van der Waals surface area contributed by atoms with Gasteiger partial charge < -0.3 is 16.0 Å². The maximum atomic E-state index is 12.3. The van der Waals surface area contributed by atoms with Crippen LogP contribution in [0.2, 0.25) is 0 Å². The average Bonchev–Trinajstić information content (AvgIpc) is 2.84. The second-order valence-corrected chi connectivity index (χ2v) is 5.17. The Morgan fingerprint density at radius 1 is 1.35 bits per heavy atom. The van der Waals surface area contributed by atoms with Gasteiger partial charge in [0.25, 0.3) is 5.91 Å². The van der Waals surface area contributed by atoms with Crippen LogP contribution in [0.15, 0.2) is 47.3 Å². The van der Waals surface area contributed by atoms with Gasteiger partial charge in [-0.3, -0.25) is 9.78 Å². The lowest BCUT2D eigenvalue weighted by molar-refractivity contribution is 0.102. The molecule has 20 heavy (non-hydrogen) atoms. The van der Waals surface area contributed by atoms with E-state index in [9.17, 15) is 4.79 Å². The number of H-pyrrole nitrogens is 1. The van der Waals surface area contributed by atoms with E-state index in [1.165, 1.54) is 0 Å². The molecular weight excluding hydrogens is 320 g/mol. The predicted molar refractivity (Wildman–Crippen MR) is 82.6 cm³/mol. The molecule has 4 N–H and O–H groups in total. The molecule has 0 fully saturated rings. The number of carbonyl (C=O) groups excluding carboxylic acids is 1. The standard InChI is InChI=1S/C14H11BrN4O/c15-11-7-17-4-3-13(11)19-14(20)10-6-18-12-2-1-8(16)5-9(10)12/h1-7,18H,16H2,(H,17,19,20). The van der Waals surface area contributed by atoms with Crippen molar-refractivity contribution in [1.29, 1.82) is 0 Å². The zero-order valence-electron chi connectivity index (χ0n) is 10.4. The Morgan fingerprint density at radius 3 is 3.00 bits per heavy atom. The van der Waals surface area contributed by atoms with Crippen molar-refractivity contribution in [2.75, 3.05) is 11.1 Å². The van der Waals surface area contributed by atoms with E-state index in [0.29, 0.717) is 16.9 Å². The number of anilines is 2. The van der Waals surface area contributed by atoms with Crippen LogP contribution in [-0.2, 0) is 0 Å². The zero-order valence-corrected chi connectivity index (χ0v) is 11.9. The Morgan fingerprint density at radius 2 is 2.20 bits per heavy atom. The first-order chi connectivity index (χ1) is 9.65. The summed E-state index contributed by atoms with van der Waals surface area (Å²) in [6.07, 6.45) is 4.92. The van der Waals surface area contributed by atoms with Crippen LogP contribution < -0.4 is 11.1 Å². The van der Waals surface area contributed by atoms with Crippen molar-refractivity contribution in [3.05, 3.63) is 52.9 Å². The summed E-state index contributed by atoms with van der Waals surface area (Å²) in [5.74, 6) is -0.200. The molecule has 0 saturated carbocycles. The summed E-state index contributed by atoms with van der Waals surface area (Å²) in [5, 5.41) is 3.64. The van der Waals surface area contributed by atoms with E-state index in [1.54, 1.807) is 36.8 Å². The topological polar surface area (TPSA) is 83.8 Å². The van der Waals surface area contributed by atoms with Gasteiger partial charge in [0.2, 0.25) is 0 Å². The van der Waals surface area contributed by atoms with Crippen LogP contribution in [0, 0.1) is 0 Å². The van der Waals surface area contributed by atoms with E-state index in [1.807, 2.05) is 6.07 Å². The Hall–Kier alpha value is -2.34. The number of pyridine rings is 1. The molecule has 5 nitrogen and oxygen atoms in total. The third-order valence-electron chi connectivity index (χ3n) is 2.97. The number of benzene rings is 1. The molecule has 1 aromatic carbocycles. The summed E-state index contributed by atoms with van der Waals surface area (Å²) in [6.45, 7) is 0. The molecule has 100 valence electrons. The molecule has 2 heterocycles. The Labute approximate surface area is 123 Å². The number of hydrogen-bond donors (Lipinski definition) is 3. The third kappa shape index (κ3) is 2.25. The van der Waals surface area contributed by atoms with Gasteiger partial charge in [-0.15, -0.1) is 0 Å². The van der Waals surface area contributed by atoms with Crippen LogP contribution in [0.3, 0.4) is 0 Å². The lowest BCUT2D eigenvalue weighted by Crippen LogP contribution is -2.11. The first-order valence-corrected chi connectivity index (χ1v) is 6.72. The third-order valence-corrected chi connectivity index (χ3v) is 3.60. The van der Waals surface area contributed by atoms with E-state index in [4.69, 9.17) is 5.73 Å². The molecule has 0 atom stereocenters. The fraction of sp³-hybridized carbons (Fsp3) is 0. The Bertz CT molecular complexity index is 797. The predicted octanol–water partition coefficient (Wildman–Crippen LogP) is 3.16. The number of nitrogens with one attached hydrogen (secondary N) is 2. The van der Waals surface area contributed by atoms with Crippen molar-refractivity contribution in [2.45, 2.75) is 0 Å². The molecule has 0 bridgehead atoms. The second kappa shape index (κ2) is 4.97. The van der Waals surface area contributed by atoms with Gasteiger partial charge in [0.15, 0.2) is 0 Å². The lowest BCUT2D eigenvalue weighted by atomic mass is 10.1. The van der Waals surface area contributed by atoms with Crippen LogP contribution in [0.5, 0.6) is 0 Å². The van der Waals surface area contributed by atoms with Crippen molar-refractivity contribution in [1.82, 2.24) is 9.97 Å². The molecule has 2 aromatic heterocycles. The number of rotatable bonds is 2. The van der Waals surface area contributed by atoms with E-state index in [-0.39, 0.29) is 5.91 Å². The van der Waals surface area contributed by atoms with Crippen LogP contribution in [0.4, 0.5) is 11.4 Å². The minimum atomic E-state index is -0.200. The smallest absolute Gasteiger partial charge is 0.257 e. The number of nitrogens with zero attached hydrogens (tertiary/aromatic N) is 1. The number of nitrogens with two attached hydrogens (primary N) is 1. The lowest BCUT2D eigenvalue weighted by Gasteiger charge is -2.06. The minimum Gasteiger partial charge on any atom is -0.399 e. The van der Waals surface area contributed by atoms with Gasteiger partial charge in [-0.05, 0) is 40.2 Å². The number of carbonyl (C=O) groups is 1. The summed E-state index contributed by atoms with van der Waals surface area (Å²) < 4.78 is 0.729. The van der Waals surface area contributed by atoms with Gasteiger partial charge in [-0.25, -0.2) is 0 Å². The van der Waals surface area contributed by atoms with Crippen molar-refractivity contribution in [2.24, 2.45) is 0 Å². The summed E-state index contributed by atoms with van der Waals surface area (Å²) >= 11 is 3.34. The molecule has 0 aliphatic rings. The highest BCUT2D eigenvalue weighted by Gasteiger charge is 2.13. The van der Waals surface area contributed by atoms with Crippen molar-refractivity contribution < 1.29 is 4.79 Å². The minimum absolute atomic E-state index is 0.200. The fourth-order valence-electron chi connectivity index (χ4n) is 1.99. The number of aromatic nitrogens is 2. The van der Waals surface area contributed by atoms with Crippen LogP contribution in [0.1, 0.15) is 10.4 Å². The summed E-state index contributed by atoms with van der Waals surface area (Å²) in [7, 11) is 0. The van der Waals surface area contributed by atoms with Gasteiger partial charge >= 0.3 is 0 Å². The number of hydrogen-bond acceptors (Lipinski definition) is 3. The summed E-state index contributed by atoms with van der Waals surface area (Å²) in [6, 6.07) is 7.15. The highest BCUT2D eigenvalue weighted by Crippen LogP contribution is 2.24. The van der Waals surface area contributed by atoms with Gasteiger partial charge in [-0.1, -0.05) is 0 Å². The van der Waals surface area contributed by atoms with Gasteiger partial charge in [0, 0.05) is 35.2 Å². The van der Waals surface area contributed by atoms with E-state index in [0.717, 1.165) is 15.4 Å². The summed E-state index contributed by atoms with van der Waals surface area (Å²) in [5.41, 5.74) is 8.48. The van der Waals surface area contributed by atoms with E-state index in [2.05, 4.69) is 31.2 Å². The zero-order chi connectivity index (χ0) is 14.1. The van der Waals surface area contributed by atoms with Crippen molar-refractivity contribution in [3.63, 3.8) is 0 Å². The molecule has 0 aliphatic carbocycles. The van der Waals surface area contributed by atoms with E-state index >= 15 is 0 Å². The highest BCUT2D eigenvalue weighted by atomic mass is 79.9. The molecule has 1 amide bonds. The van der Waals surface area contributed by atoms with Gasteiger partial charge in [-0.2, -0.15) is 0 Å². The first-order valence-electron chi connectivity index (χ1n) is 5.92. The molecule has 3 rings (SSSR count). The Kier molecular flexibility index (Phi) is 3.15. The summed E-state index contributed by atoms with van der Waals surface area (Å²) in [4.78, 5) is 19.4. The van der Waals surface area contributed by atoms with Crippen LogP contribution in [-0.4, -0.2) is 15.9 Å². The highest BCUT2D eigenvalue weighted by molar-refractivity contribution is 9.10. The normalized spacial score (nSPS) is 10.7. The van der Waals surface area contributed by atoms with Crippen LogP contribution >= 0.6 is 15.9 Å².